The zero-order chi connectivity index (χ0) is 22.0. The number of likely N-dealkylation sites (tertiary alicyclic amines) is 1. The van der Waals surface area contributed by atoms with Gasteiger partial charge in [0.05, 0.1) is 23.9 Å². The van der Waals surface area contributed by atoms with Crippen LogP contribution < -0.4 is 0 Å². The van der Waals surface area contributed by atoms with Gasteiger partial charge in [-0.25, -0.2) is 4.98 Å². The summed E-state index contributed by atoms with van der Waals surface area (Å²) in [5.41, 5.74) is 3.27. The Kier molecular flexibility index (Phi) is 6.06. The number of carbonyl (C=O) groups is 2. The number of imidazole rings is 1. The largest absolute Gasteiger partial charge is 0.361 e. The van der Waals surface area contributed by atoms with Gasteiger partial charge >= 0.3 is 0 Å². The first-order chi connectivity index (χ1) is 14.9. The summed E-state index contributed by atoms with van der Waals surface area (Å²) in [5, 5.41) is 3.95. The van der Waals surface area contributed by atoms with Crippen molar-refractivity contribution in [2.24, 2.45) is 5.92 Å². The van der Waals surface area contributed by atoms with Crippen molar-refractivity contribution < 1.29 is 14.1 Å². The zero-order valence-electron chi connectivity index (χ0n) is 18.4. The molecule has 2 amide bonds. The van der Waals surface area contributed by atoms with E-state index in [1.165, 1.54) is 0 Å². The summed E-state index contributed by atoms with van der Waals surface area (Å²) >= 11 is 0. The van der Waals surface area contributed by atoms with Crippen molar-refractivity contribution in [3.63, 3.8) is 0 Å². The van der Waals surface area contributed by atoms with Crippen LogP contribution in [0.2, 0.25) is 0 Å². The van der Waals surface area contributed by atoms with E-state index >= 15 is 0 Å². The third kappa shape index (κ3) is 4.62. The van der Waals surface area contributed by atoms with Gasteiger partial charge in [0, 0.05) is 44.7 Å². The average Bonchev–Trinajstić information content (AvgIpc) is 3.38. The molecule has 8 nitrogen and oxygen atoms in total. The molecule has 1 fully saturated rings. The number of amides is 2. The van der Waals surface area contributed by atoms with E-state index in [1.807, 2.05) is 36.1 Å². The minimum absolute atomic E-state index is 0.0107. The van der Waals surface area contributed by atoms with E-state index in [-0.39, 0.29) is 17.7 Å². The smallest absolute Gasteiger partial charge is 0.253 e. The number of hydrogen-bond acceptors (Lipinski definition) is 5. The van der Waals surface area contributed by atoms with Gasteiger partial charge in [0.25, 0.3) is 5.91 Å². The molecule has 1 aliphatic heterocycles. The highest BCUT2D eigenvalue weighted by Crippen LogP contribution is 2.23. The van der Waals surface area contributed by atoms with Crippen molar-refractivity contribution in [2.75, 3.05) is 20.1 Å². The Bertz CT molecular complexity index is 1090. The second kappa shape index (κ2) is 8.91. The van der Waals surface area contributed by atoms with E-state index in [9.17, 15) is 9.59 Å². The number of benzene rings is 1. The van der Waals surface area contributed by atoms with E-state index in [0.29, 0.717) is 25.1 Å². The first kappa shape index (κ1) is 21.1. The monoisotopic (exact) mass is 423 g/mol. The molecular weight excluding hydrogens is 394 g/mol. The Hall–Kier alpha value is -3.16. The van der Waals surface area contributed by atoms with Crippen LogP contribution in [0.4, 0.5) is 0 Å². The predicted molar refractivity (Wildman–Crippen MR) is 116 cm³/mol. The molecule has 4 rings (SSSR count). The van der Waals surface area contributed by atoms with Gasteiger partial charge < -0.3 is 18.9 Å². The van der Waals surface area contributed by atoms with Crippen LogP contribution in [0.1, 0.15) is 48.0 Å². The van der Waals surface area contributed by atoms with Crippen LogP contribution in [-0.4, -0.2) is 56.5 Å². The molecule has 0 radical (unpaired) electrons. The summed E-state index contributed by atoms with van der Waals surface area (Å²) in [4.78, 5) is 33.8. The van der Waals surface area contributed by atoms with Crippen LogP contribution in [0.3, 0.4) is 0 Å². The van der Waals surface area contributed by atoms with Crippen molar-refractivity contribution in [2.45, 2.75) is 46.2 Å². The maximum absolute atomic E-state index is 13.1. The molecule has 3 heterocycles. The van der Waals surface area contributed by atoms with E-state index in [1.54, 1.807) is 18.3 Å². The molecule has 0 N–H and O–H groups in total. The molecule has 164 valence electrons. The molecule has 1 saturated heterocycles. The minimum atomic E-state index is 0.0107. The fourth-order valence-electron chi connectivity index (χ4n) is 4.27. The number of hydrogen-bond donors (Lipinski definition) is 0. The van der Waals surface area contributed by atoms with Gasteiger partial charge in [-0.05, 0) is 50.8 Å². The summed E-state index contributed by atoms with van der Waals surface area (Å²) in [7, 11) is 1.78. The molecule has 31 heavy (non-hydrogen) atoms. The van der Waals surface area contributed by atoms with E-state index in [4.69, 9.17) is 4.52 Å². The summed E-state index contributed by atoms with van der Waals surface area (Å²) < 4.78 is 7.13. The molecule has 1 aliphatic rings. The fourth-order valence-corrected chi connectivity index (χ4v) is 4.27. The Labute approximate surface area is 181 Å². The lowest BCUT2D eigenvalue weighted by molar-refractivity contribution is -0.131. The molecule has 0 bridgehead atoms. The predicted octanol–water partition coefficient (Wildman–Crippen LogP) is 3.25. The van der Waals surface area contributed by atoms with Crippen molar-refractivity contribution in [1.29, 1.82) is 0 Å². The standard InChI is InChI=1S/C23H29N5O3/c1-4-27-15-24-20-12-18(7-8-21(20)27)23(30)28-9-5-6-17(13-28)11-22(29)26(3)14-19-10-16(2)31-25-19/h7-8,10,12,15,17H,4-6,9,11,13-14H2,1-3H3/t17-/m0/s1. The summed E-state index contributed by atoms with van der Waals surface area (Å²) in [6, 6.07) is 7.54. The third-order valence-electron chi connectivity index (χ3n) is 5.98. The quantitative estimate of drug-likeness (QED) is 0.608. The van der Waals surface area contributed by atoms with Crippen LogP contribution in [0, 0.1) is 12.8 Å². The zero-order valence-corrected chi connectivity index (χ0v) is 18.4. The van der Waals surface area contributed by atoms with E-state index < -0.39 is 0 Å². The van der Waals surface area contributed by atoms with Gasteiger partial charge in [0.1, 0.15) is 11.5 Å². The van der Waals surface area contributed by atoms with Crippen LogP contribution in [0.5, 0.6) is 0 Å². The van der Waals surface area contributed by atoms with Crippen LogP contribution in [0.15, 0.2) is 35.1 Å². The van der Waals surface area contributed by atoms with Crippen LogP contribution in [-0.2, 0) is 17.9 Å². The molecular formula is C23H29N5O3. The maximum atomic E-state index is 13.1. The summed E-state index contributed by atoms with van der Waals surface area (Å²) in [6.45, 7) is 6.49. The van der Waals surface area contributed by atoms with Crippen molar-refractivity contribution >= 4 is 22.8 Å². The van der Waals surface area contributed by atoms with Crippen molar-refractivity contribution in [1.82, 2.24) is 24.5 Å². The van der Waals surface area contributed by atoms with Gasteiger partial charge in [-0.15, -0.1) is 0 Å². The number of carbonyl (C=O) groups excluding carboxylic acids is 2. The molecule has 0 saturated carbocycles. The van der Waals surface area contributed by atoms with E-state index in [2.05, 4.69) is 21.6 Å². The lowest BCUT2D eigenvalue weighted by atomic mass is 9.93. The average molecular weight is 424 g/mol. The molecule has 2 aromatic heterocycles. The summed E-state index contributed by atoms with van der Waals surface area (Å²) in [5.74, 6) is 0.967. The highest BCUT2D eigenvalue weighted by Gasteiger charge is 2.27. The van der Waals surface area contributed by atoms with Crippen LogP contribution in [0.25, 0.3) is 11.0 Å². The molecule has 1 atom stereocenters. The number of nitrogens with zero attached hydrogens (tertiary/aromatic N) is 5. The Morgan fingerprint density at radius 2 is 2.13 bits per heavy atom. The van der Waals surface area contributed by atoms with Gasteiger partial charge in [-0.1, -0.05) is 5.16 Å². The number of aryl methyl sites for hydroxylation is 2. The van der Waals surface area contributed by atoms with Gasteiger partial charge in [-0.3, -0.25) is 9.59 Å². The highest BCUT2D eigenvalue weighted by atomic mass is 16.5. The third-order valence-corrected chi connectivity index (χ3v) is 5.98. The Morgan fingerprint density at radius 1 is 1.29 bits per heavy atom. The second-order valence-corrected chi connectivity index (χ2v) is 8.38. The number of fused-ring (bicyclic) bond motifs is 1. The fraction of sp³-hybridized carbons (Fsp3) is 0.478. The minimum Gasteiger partial charge on any atom is -0.361 e. The Morgan fingerprint density at radius 3 is 2.87 bits per heavy atom. The van der Waals surface area contributed by atoms with Crippen molar-refractivity contribution in [3.8, 4) is 0 Å². The number of aromatic nitrogens is 3. The van der Waals surface area contributed by atoms with Crippen molar-refractivity contribution in [3.05, 3.63) is 47.6 Å². The van der Waals surface area contributed by atoms with Crippen LogP contribution >= 0.6 is 0 Å². The lowest BCUT2D eigenvalue weighted by Crippen LogP contribution is -2.41. The topological polar surface area (TPSA) is 84.5 Å². The van der Waals surface area contributed by atoms with Gasteiger partial charge in [-0.2, -0.15) is 0 Å². The molecule has 0 spiro atoms. The van der Waals surface area contributed by atoms with E-state index in [0.717, 1.165) is 48.4 Å². The molecule has 0 unspecified atom stereocenters. The maximum Gasteiger partial charge on any atom is 0.253 e. The Balaban J connectivity index is 1.37. The molecule has 1 aromatic carbocycles. The lowest BCUT2D eigenvalue weighted by Gasteiger charge is -2.33. The second-order valence-electron chi connectivity index (χ2n) is 8.38. The summed E-state index contributed by atoms with van der Waals surface area (Å²) in [6.07, 6.45) is 4.09. The molecule has 3 aromatic rings. The first-order valence-electron chi connectivity index (χ1n) is 10.8. The number of rotatable bonds is 6. The highest BCUT2D eigenvalue weighted by molar-refractivity contribution is 5.97. The SMILES string of the molecule is CCn1cnc2cc(C(=O)N3CCC[C@@H](CC(=O)N(C)Cc4cc(C)on4)C3)ccc21. The number of piperidine rings is 1. The first-order valence-corrected chi connectivity index (χ1v) is 10.8. The van der Waals surface area contributed by atoms with Gasteiger partial charge in [0.2, 0.25) is 5.91 Å². The van der Waals surface area contributed by atoms with Gasteiger partial charge in [0.15, 0.2) is 0 Å². The molecule has 8 heteroatoms. The molecule has 0 aliphatic carbocycles. The normalized spacial score (nSPS) is 16.6.